The van der Waals surface area contributed by atoms with Gasteiger partial charge in [-0.1, -0.05) is 24.3 Å². The molecular weight excluding hydrogens is 284 g/mol. The maximum absolute atomic E-state index is 5.55. The van der Waals surface area contributed by atoms with Crippen LogP contribution in [0.5, 0.6) is 0 Å². The van der Waals surface area contributed by atoms with Gasteiger partial charge in [-0.2, -0.15) is 0 Å². The van der Waals surface area contributed by atoms with Gasteiger partial charge in [0.05, 0.1) is 8.79 Å². The third-order valence-corrected chi connectivity index (χ3v) is 3.88. The summed E-state index contributed by atoms with van der Waals surface area (Å²) in [5, 5.41) is 4.55. The van der Waals surface area contributed by atoms with E-state index >= 15 is 0 Å². The van der Waals surface area contributed by atoms with Crippen molar-refractivity contribution >= 4 is 32.3 Å². The Kier molecular flexibility index (Phi) is 3.98. The molecule has 0 radical (unpaired) electrons. The van der Waals surface area contributed by atoms with Gasteiger partial charge in [0.25, 0.3) is 0 Å². The van der Waals surface area contributed by atoms with Crippen LogP contribution in [0.3, 0.4) is 0 Å². The van der Waals surface area contributed by atoms with Crippen molar-refractivity contribution in [2.24, 2.45) is 5.73 Å². The van der Waals surface area contributed by atoms with Gasteiger partial charge in [0.2, 0.25) is 0 Å². The lowest BCUT2D eigenvalue weighted by Crippen LogP contribution is -1.99. The van der Waals surface area contributed by atoms with E-state index in [-0.39, 0.29) is 0 Å². The molecule has 0 aliphatic carbocycles. The maximum atomic E-state index is 5.55. The molecule has 0 aliphatic rings. The largest absolute Gasteiger partial charge is 0.373 e. The minimum atomic E-state index is 0.603. The smallest absolute Gasteiger partial charge is 0.0897 e. The summed E-state index contributed by atoms with van der Waals surface area (Å²) in [4.78, 5) is 0. The average molecular weight is 297 g/mol. The van der Waals surface area contributed by atoms with Gasteiger partial charge in [0.15, 0.2) is 0 Å². The Morgan fingerprint density at radius 1 is 1.06 bits per heavy atom. The molecular formula is C12H13BrN2S. The van der Waals surface area contributed by atoms with E-state index in [9.17, 15) is 0 Å². The Labute approximate surface area is 108 Å². The molecule has 0 atom stereocenters. The van der Waals surface area contributed by atoms with Crippen molar-refractivity contribution in [2.45, 2.75) is 13.1 Å². The molecule has 0 fully saturated rings. The average Bonchev–Trinajstić information content (AvgIpc) is 2.73. The van der Waals surface area contributed by atoms with Crippen molar-refractivity contribution in [3.63, 3.8) is 0 Å². The molecule has 0 amide bonds. The molecule has 0 saturated carbocycles. The molecule has 0 unspecified atom stereocenters. The maximum Gasteiger partial charge on any atom is 0.0897 e. The van der Waals surface area contributed by atoms with Crippen LogP contribution in [0.15, 0.2) is 40.2 Å². The zero-order valence-electron chi connectivity index (χ0n) is 8.74. The Balaban J connectivity index is 1.94. The number of rotatable bonds is 4. The number of halogens is 1. The molecule has 1 aromatic heterocycles. The quantitative estimate of drug-likeness (QED) is 0.905. The third-order valence-electron chi connectivity index (χ3n) is 2.30. The van der Waals surface area contributed by atoms with Crippen molar-refractivity contribution in [1.29, 1.82) is 0 Å². The Morgan fingerprint density at radius 3 is 2.31 bits per heavy atom. The molecule has 2 aromatic rings. The Hall–Kier alpha value is -0.840. The molecule has 1 heterocycles. The van der Waals surface area contributed by atoms with E-state index in [1.54, 1.807) is 11.3 Å². The van der Waals surface area contributed by atoms with Crippen LogP contribution in [0.4, 0.5) is 5.00 Å². The summed E-state index contributed by atoms with van der Waals surface area (Å²) in [5.74, 6) is 0. The van der Waals surface area contributed by atoms with Gasteiger partial charge in [-0.15, -0.1) is 11.3 Å². The summed E-state index contributed by atoms with van der Waals surface area (Å²) >= 11 is 5.14. The van der Waals surface area contributed by atoms with Crippen molar-refractivity contribution in [3.05, 3.63) is 51.3 Å². The van der Waals surface area contributed by atoms with Crippen LogP contribution >= 0.6 is 27.3 Å². The summed E-state index contributed by atoms with van der Waals surface area (Å²) in [6.45, 7) is 1.45. The van der Waals surface area contributed by atoms with E-state index in [1.807, 2.05) is 6.07 Å². The van der Waals surface area contributed by atoms with Gasteiger partial charge in [-0.3, -0.25) is 0 Å². The van der Waals surface area contributed by atoms with Gasteiger partial charge in [0.1, 0.15) is 0 Å². The first-order valence-corrected chi connectivity index (χ1v) is 6.66. The first-order chi connectivity index (χ1) is 7.78. The third kappa shape index (κ3) is 3.07. The number of nitrogens with two attached hydrogens (primary N) is 1. The SMILES string of the molecule is NCc1ccc(CNc2ccc(Br)s2)cc1. The second kappa shape index (κ2) is 5.48. The highest BCUT2D eigenvalue weighted by molar-refractivity contribution is 9.11. The standard InChI is InChI=1S/C12H13BrN2S/c13-11-5-6-12(16-11)15-8-10-3-1-9(7-14)2-4-10/h1-6,15H,7-8,14H2. The van der Waals surface area contributed by atoms with Crippen LogP contribution in [-0.4, -0.2) is 0 Å². The topological polar surface area (TPSA) is 38.0 Å². The summed E-state index contributed by atoms with van der Waals surface area (Å²) in [6.07, 6.45) is 0. The number of hydrogen-bond acceptors (Lipinski definition) is 3. The molecule has 0 spiro atoms. The molecule has 3 N–H and O–H groups in total. The van der Waals surface area contributed by atoms with Gasteiger partial charge in [-0.25, -0.2) is 0 Å². The Bertz CT molecular complexity index is 450. The van der Waals surface area contributed by atoms with E-state index in [0.29, 0.717) is 6.54 Å². The van der Waals surface area contributed by atoms with E-state index < -0.39 is 0 Å². The summed E-state index contributed by atoms with van der Waals surface area (Å²) in [7, 11) is 0. The molecule has 0 saturated heterocycles. The normalized spacial score (nSPS) is 10.4. The lowest BCUT2D eigenvalue weighted by Gasteiger charge is -2.04. The highest BCUT2D eigenvalue weighted by Crippen LogP contribution is 2.26. The van der Waals surface area contributed by atoms with Crippen molar-refractivity contribution in [3.8, 4) is 0 Å². The lowest BCUT2D eigenvalue weighted by molar-refractivity contribution is 1.06. The van der Waals surface area contributed by atoms with Gasteiger partial charge < -0.3 is 11.1 Å². The molecule has 16 heavy (non-hydrogen) atoms. The minimum Gasteiger partial charge on any atom is -0.373 e. The second-order valence-electron chi connectivity index (χ2n) is 3.48. The monoisotopic (exact) mass is 296 g/mol. The summed E-state index contributed by atoms with van der Waals surface area (Å²) in [5.41, 5.74) is 7.98. The van der Waals surface area contributed by atoms with Crippen LogP contribution in [-0.2, 0) is 13.1 Å². The zero-order chi connectivity index (χ0) is 11.4. The number of hydrogen-bond donors (Lipinski definition) is 2. The van der Waals surface area contributed by atoms with Crippen LogP contribution in [0.1, 0.15) is 11.1 Å². The number of nitrogens with one attached hydrogen (secondary N) is 1. The molecule has 84 valence electrons. The van der Waals surface area contributed by atoms with Crippen LogP contribution < -0.4 is 11.1 Å². The predicted octanol–water partition coefficient (Wildman–Crippen LogP) is 3.58. The van der Waals surface area contributed by atoms with Crippen molar-refractivity contribution < 1.29 is 0 Å². The predicted molar refractivity (Wildman–Crippen MR) is 73.7 cm³/mol. The van der Waals surface area contributed by atoms with Gasteiger partial charge >= 0.3 is 0 Å². The first kappa shape index (κ1) is 11.6. The number of thiophene rings is 1. The highest BCUT2D eigenvalue weighted by atomic mass is 79.9. The van der Waals surface area contributed by atoms with Gasteiger partial charge in [-0.05, 0) is 39.2 Å². The minimum absolute atomic E-state index is 0.603. The zero-order valence-corrected chi connectivity index (χ0v) is 11.1. The first-order valence-electron chi connectivity index (χ1n) is 5.05. The number of benzene rings is 1. The van der Waals surface area contributed by atoms with E-state index in [4.69, 9.17) is 5.73 Å². The molecule has 2 rings (SSSR count). The fourth-order valence-corrected chi connectivity index (χ4v) is 2.67. The van der Waals surface area contributed by atoms with Crippen LogP contribution in [0.2, 0.25) is 0 Å². The summed E-state index contributed by atoms with van der Waals surface area (Å²) < 4.78 is 1.15. The fraction of sp³-hybridized carbons (Fsp3) is 0.167. The fourth-order valence-electron chi connectivity index (χ4n) is 1.39. The molecule has 2 nitrogen and oxygen atoms in total. The summed E-state index contributed by atoms with van der Waals surface area (Å²) in [6, 6.07) is 12.5. The lowest BCUT2D eigenvalue weighted by atomic mass is 10.1. The Morgan fingerprint density at radius 2 is 1.75 bits per heavy atom. The second-order valence-corrected chi connectivity index (χ2v) is 5.94. The van der Waals surface area contributed by atoms with Gasteiger partial charge in [0, 0.05) is 13.1 Å². The van der Waals surface area contributed by atoms with Crippen molar-refractivity contribution in [2.75, 3.05) is 5.32 Å². The molecule has 1 aromatic carbocycles. The molecule has 4 heteroatoms. The van der Waals surface area contributed by atoms with Crippen LogP contribution in [0.25, 0.3) is 0 Å². The van der Waals surface area contributed by atoms with Crippen LogP contribution in [0, 0.1) is 0 Å². The molecule has 0 bridgehead atoms. The highest BCUT2D eigenvalue weighted by Gasteiger charge is 1.97. The van der Waals surface area contributed by atoms with E-state index in [2.05, 4.69) is 51.6 Å². The molecule has 0 aliphatic heterocycles. The number of anilines is 1. The van der Waals surface area contributed by atoms with E-state index in [1.165, 1.54) is 16.1 Å². The van der Waals surface area contributed by atoms with Crippen molar-refractivity contribution in [1.82, 2.24) is 0 Å². The van der Waals surface area contributed by atoms with E-state index in [0.717, 1.165) is 10.3 Å².